The second kappa shape index (κ2) is 3.01. The maximum Gasteiger partial charge on any atom is 0.322 e. The minimum Gasteiger partial charge on any atom is -0.468 e. The summed E-state index contributed by atoms with van der Waals surface area (Å²) in [5.74, 6) is -0.174. The lowest BCUT2D eigenvalue weighted by Crippen LogP contribution is -2.36. The van der Waals surface area contributed by atoms with Crippen molar-refractivity contribution in [3.05, 3.63) is 0 Å². The minimum atomic E-state index is -0.174. The number of carbonyl (C=O) groups excluding carboxylic acids is 1. The molecular formula is C7H13NO2. The summed E-state index contributed by atoms with van der Waals surface area (Å²) < 4.78 is 4.54. The van der Waals surface area contributed by atoms with Crippen LogP contribution in [0.1, 0.15) is 19.8 Å². The van der Waals surface area contributed by atoms with Crippen LogP contribution < -0.4 is 5.32 Å². The molecule has 1 atom stereocenters. The summed E-state index contributed by atoms with van der Waals surface area (Å²) in [4.78, 5) is 10.8. The lowest BCUT2D eigenvalue weighted by molar-refractivity contribution is -0.142. The molecular weight excluding hydrogens is 130 g/mol. The monoisotopic (exact) mass is 143 g/mol. The van der Waals surface area contributed by atoms with Gasteiger partial charge in [-0.25, -0.2) is 0 Å². The van der Waals surface area contributed by atoms with E-state index in [0.717, 1.165) is 0 Å². The van der Waals surface area contributed by atoms with E-state index in [4.69, 9.17) is 0 Å². The third-order valence-electron chi connectivity index (χ3n) is 1.62. The highest BCUT2D eigenvalue weighted by Gasteiger charge is 2.25. The highest BCUT2D eigenvalue weighted by Crippen LogP contribution is 2.19. The van der Waals surface area contributed by atoms with Gasteiger partial charge in [0.15, 0.2) is 0 Å². The SMILES string of the molecule is COC(=O)[C@@H](C)NC1CC1. The third kappa shape index (κ3) is 1.99. The van der Waals surface area contributed by atoms with Crippen molar-refractivity contribution in [1.82, 2.24) is 5.32 Å². The minimum absolute atomic E-state index is 0.141. The summed E-state index contributed by atoms with van der Waals surface area (Å²) in [6.45, 7) is 1.82. The van der Waals surface area contributed by atoms with Crippen molar-refractivity contribution < 1.29 is 9.53 Å². The fraction of sp³-hybridized carbons (Fsp3) is 0.857. The molecule has 0 aromatic heterocycles. The van der Waals surface area contributed by atoms with Crippen LogP contribution >= 0.6 is 0 Å². The highest BCUT2D eigenvalue weighted by molar-refractivity contribution is 5.75. The van der Waals surface area contributed by atoms with Crippen LogP contribution in [0.5, 0.6) is 0 Å². The summed E-state index contributed by atoms with van der Waals surface area (Å²) >= 11 is 0. The molecule has 1 rings (SSSR count). The van der Waals surface area contributed by atoms with Gasteiger partial charge in [-0.05, 0) is 19.8 Å². The molecule has 1 fully saturated rings. The Morgan fingerprint density at radius 2 is 2.30 bits per heavy atom. The molecule has 1 aliphatic rings. The summed E-state index contributed by atoms with van der Waals surface area (Å²) in [6.07, 6.45) is 2.39. The molecule has 0 heterocycles. The number of carbonyl (C=O) groups is 1. The van der Waals surface area contributed by atoms with Gasteiger partial charge in [0, 0.05) is 6.04 Å². The van der Waals surface area contributed by atoms with Crippen LogP contribution in [0.25, 0.3) is 0 Å². The van der Waals surface area contributed by atoms with Crippen LogP contribution in [0.15, 0.2) is 0 Å². The number of ether oxygens (including phenoxy) is 1. The van der Waals surface area contributed by atoms with Crippen LogP contribution in [0, 0.1) is 0 Å². The van der Waals surface area contributed by atoms with E-state index in [-0.39, 0.29) is 12.0 Å². The van der Waals surface area contributed by atoms with Crippen molar-refractivity contribution >= 4 is 5.97 Å². The Hall–Kier alpha value is -0.570. The molecule has 1 aliphatic carbocycles. The normalized spacial score (nSPS) is 20.2. The van der Waals surface area contributed by atoms with Gasteiger partial charge < -0.3 is 10.1 Å². The van der Waals surface area contributed by atoms with Gasteiger partial charge in [-0.1, -0.05) is 0 Å². The average molecular weight is 143 g/mol. The molecule has 3 nitrogen and oxygen atoms in total. The van der Waals surface area contributed by atoms with E-state index < -0.39 is 0 Å². The predicted octanol–water partition coefficient (Wildman–Crippen LogP) is 0.300. The van der Waals surface area contributed by atoms with E-state index in [1.54, 1.807) is 0 Å². The second-order valence-electron chi connectivity index (χ2n) is 2.69. The maximum absolute atomic E-state index is 10.8. The summed E-state index contributed by atoms with van der Waals surface area (Å²) in [6, 6.07) is 0.423. The van der Waals surface area contributed by atoms with Crippen molar-refractivity contribution in [2.24, 2.45) is 0 Å². The summed E-state index contributed by atoms with van der Waals surface area (Å²) in [5.41, 5.74) is 0. The Balaban J connectivity index is 2.18. The molecule has 0 spiro atoms. The van der Waals surface area contributed by atoms with Gasteiger partial charge in [0.1, 0.15) is 6.04 Å². The lowest BCUT2D eigenvalue weighted by Gasteiger charge is -2.09. The van der Waals surface area contributed by atoms with Crippen LogP contribution in [0.3, 0.4) is 0 Å². The molecule has 10 heavy (non-hydrogen) atoms. The van der Waals surface area contributed by atoms with Gasteiger partial charge in [-0.3, -0.25) is 4.79 Å². The van der Waals surface area contributed by atoms with E-state index in [0.29, 0.717) is 6.04 Å². The number of hydrogen-bond donors (Lipinski definition) is 1. The van der Waals surface area contributed by atoms with Crippen LogP contribution in [0.2, 0.25) is 0 Å². The van der Waals surface area contributed by atoms with Crippen molar-refractivity contribution in [3.63, 3.8) is 0 Å². The largest absolute Gasteiger partial charge is 0.468 e. The summed E-state index contributed by atoms with van der Waals surface area (Å²) in [7, 11) is 1.41. The van der Waals surface area contributed by atoms with Crippen molar-refractivity contribution in [3.8, 4) is 0 Å². The zero-order chi connectivity index (χ0) is 7.56. The van der Waals surface area contributed by atoms with Gasteiger partial charge in [-0.15, -0.1) is 0 Å². The number of methoxy groups -OCH3 is 1. The fourth-order valence-electron chi connectivity index (χ4n) is 0.848. The van der Waals surface area contributed by atoms with Crippen LogP contribution in [-0.2, 0) is 9.53 Å². The van der Waals surface area contributed by atoms with Gasteiger partial charge >= 0.3 is 5.97 Å². The predicted molar refractivity (Wildman–Crippen MR) is 37.6 cm³/mol. The zero-order valence-corrected chi connectivity index (χ0v) is 6.39. The van der Waals surface area contributed by atoms with E-state index in [2.05, 4.69) is 10.1 Å². The first-order valence-electron chi connectivity index (χ1n) is 3.58. The molecule has 1 saturated carbocycles. The van der Waals surface area contributed by atoms with Crippen molar-refractivity contribution in [1.29, 1.82) is 0 Å². The smallest absolute Gasteiger partial charge is 0.322 e. The first-order valence-corrected chi connectivity index (χ1v) is 3.58. The number of esters is 1. The molecule has 0 aliphatic heterocycles. The Morgan fingerprint density at radius 3 is 2.70 bits per heavy atom. The lowest BCUT2D eigenvalue weighted by atomic mass is 10.3. The Kier molecular flexibility index (Phi) is 2.27. The molecule has 0 bridgehead atoms. The third-order valence-corrected chi connectivity index (χ3v) is 1.62. The first kappa shape index (κ1) is 7.54. The van der Waals surface area contributed by atoms with Crippen molar-refractivity contribution in [2.45, 2.75) is 31.8 Å². The molecule has 0 aromatic carbocycles. The summed E-state index contributed by atoms with van der Waals surface area (Å²) in [5, 5.41) is 3.13. The van der Waals surface area contributed by atoms with Gasteiger partial charge in [-0.2, -0.15) is 0 Å². The van der Waals surface area contributed by atoms with Gasteiger partial charge in [0.2, 0.25) is 0 Å². The maximum atomic E-state index is 10.8. The zero-order valence-electron chi connectivity index (χ0n) is 6.39. The Bertz CT molecular complexity index is 132. The molecule has 0 aromatic rings. The number of nitrogens with one attached hydrogen (secondary N) is 1. The fourth-order valence-corrected chi connectivity index (χ4v) is 0.848. The Morgan fingerprint density at radius 1 is 1.70 bits per heavy atom. The molecule has 58 valence electrons. The topological polar surface area (TPSA) is 38.3 Å². The highest BCUT2D eigenvalue weighted by atomic mass is 16.5. The second-order valence-corrected chi connectivity index (χ2v) is 2.69. The van der Waals surface area contributed by atoms with E-state index in [1.807, 2.05) is 6.92 Å². The number of rotatable bonds is 3. The van der Waals surface area contributed by atoms with E-state index in [1.165, 1.54) is 20.0 Å². The van der Waals surface area contributed by atoms with Crippen LogP contribution in [-0.4, -0.2) is 25.2 Å². The molecule has 0 amide bonds. The van der Waals surface area contributed by atoms with Gasteiger partial charge in [0.05, 0.1) is 7.11 Å². The van der Waals surface area contributed by atoms with E-state index >= 15 is 0 Å². The Labute approximate surface area is 60.7 Å². The number of hydrogen-bond acceptors (Lipinski definition) is 3. The molecule has 3 heteroatoms. The molecule has 0 saturated heterocycles. The standard InChI is InChI=1S/C7H13NO2/c1-5(7(9)10-2)8-6-3-4-6/h5-6,8H,3-4H2,1-2H3/t5-/m1/s1. The molecule has 1 N–H and O–H groups in total. The quantitative estimate of drug-likeness (QED) is 0.577. The first-order chi connectivity index (χ1) is 4.74. The molecule has 0 radical (unpaired) electrons. The average Bonchev–Trinajstić information content (AvgIpc) is 2.70. The van der Waals surface area contributed by atoms with Crippen LogP contribution in [0.4, 0.5) is 0 Å². The molecule has 0 unspecified atom stereocenters. The van der Waals surface area contributed by atoms with E-state index in [9.17, 15) is 4.79 Å². The van der Waals surface area contributed by atoms with Gasteiger partial charge in [0.25, 0.3) is 0 Å². The van der Waals surface area contributed by atoms with Crippen molar-refractivity contribution in [2.75, 3.05) is 7.11 Å².